The van der Waals surface area contributed by atoms with Crippen molar-refractivity contribution < 1.29 is 9.52 Å². The Morgan fingerprint density at radius 2 is 2.56 bits per heavy atom. The summed E-state index contributed by atoms with van der Waals surface area (Å²) in [5.41, 5.74) is 0. The molecule has 3 heteroatoms. The minimum atomic E-state index is -0.481. The van der Waals surface area contributed by atoms with Gasteiger partial charge in [0.1, 0.15) is 11.9 Å². The highest BCUT2D eigenvalue weighted by atomic mass is 16.4. The minimum absolute atomic E-state index is 0.457. The minimum Gasteiger partial charge on any atom is -0.467 e. The third-order valence-corrected chi connectivity index (χ3v) is 3.23. The molecule has 0 bridgehead atoms. The fraction of sp³-hybridized carbons (Fsp3) is 0.538. The molecule has 0 spiro atoms. The van der Waals surface area contributed by atoms with Gasteiger partial charge in [0, 0.05) is 12.6 Å². The van der Waals surface area contributed by atoms with Gasteiger partial charge in [-0.1, -0.05) is 6.08 Å². The van der Waals surface area contributed by atoms with E-state index in [2.05, 4.69) is 11.5 Å². The molecule has 2 atom stereocenters. The van der Waals surface area contributed by atoms with E-state index in [0.29, 0.717) is 11.8 Å². The van der Waals surface area contributed by atoms with E-state index in [1.807, 2.05) is 18.2 Å². The Morgan fingerprint density at radius 1 is 1.69 bits per heavy atom. The van der Waals surface area contributed by atoms with Gasteiger partial charge in [-0.25, -0.2) is 0 Å². The molecular formula is C13H19NO2. The van der Waals surface area contributed by atoms with Crippen LogP contribution in [0.2, 0.25) is 0 Å². The van der Waals surface area contributed by atoms with Crippen LogP contribution in [0.1, 0.15) is 31.1 Å². The van der Waals surface area contributed by atoms with Crippen LogP contribution in [-0.4, -0.2) is 29.1 Å². The number of hydrogen-bond donors (Lipinski definition) is 1. The van der Waals surface area contributed by atoms with Gasteiger partial charge in [-0.3, -0.25) is 4.90 Å². The first-order valence-corrected chi connectivity index (χ1v) is 5.87. The van der Waals surface area contributed by atoms with Crippen molar-refractivity contribution in [2.45, 2.75) is 31.4 Å². The number of likely N-dealkylation sites (tertiary alicyclic amines) is 1. The van der Waals surface area contributed by atoms with Gasteiger partial charge in [0.2, 0.25) is 0 Å². The summed E-state index contributed by atoms with van der Waals surface area (Å²) >= 11 is 0. The van der Waals surface area contributed by atoms with Crippen LogP contribution in [0.15, 0.2) is 35.5 Å². The smallest absolute Gasteiger partial charge is 0.132 e. The zero-order chi connectivity index (χ0) is 11.4. The Morgan fingerprint density at radius 3 is 3.25 bits per heavy atom. The molecular weight excluding hydrogens is 202 g/mol. The van der Waals surface area contributed by atoms with E-state index < -0.39 is 6.10 Å². The Labute approximate surface area is 96.4 Å². The molecule has 1 aliphatic rings. The summed E-state index contributed by atoms with van der Waals surface area (Å²) in [7, 11) is 0. The molecule has 2 rings (SSSR count). The number of aliphatic hydroxyl groups excluding tert-OH is 1. The lowest BCUT2D eigenvalue weighted by atomic mass is 10.1. The topological polar surface area (TPSA) is 36.6 Å². The molecule has 1 fully saturated rings. The van der Waals surface area contributed by atoms with E-state index in [4.69, 9.17) is 4.42 Å². The molecule has 0 saturated carbocycles. The van der Waals surface area contributed by atoms with Crippen LogP contribution in [0, 0.1) is 0 Å². The predicted octanol–water partition coefficient (Wildman–Crippen LogP) is 2.35. The molecule has 2 heterocycles. The summed E-state index contributed by atoms with van der Waals surface area (Å²) in [4.78, 5) is 2.37. The third-order valence-electron chi connectivity index (χ3n) is 3.23. The van der Waals surface area contributed by atoms with Crippen molar-refractivity contribution in [1.82, 2.24) is 4.90 Å². The zero-order valence-corrected chi connectivity index (χ0v) is 9.51. The number of rotatable bonds is 5. The molecule has 16 heavy (non-hydrogen) atoms. The van der Waals surface area contributed by atoms with Crippen molar-refractivity contribution in [3.05, 3.63) is 36.8 Å². The van der Waals surface area contributed by atoms with Crippen molar-refractivity contribution in [2.24, 2.45) is 0 Å². The molecule has 1 aromatic heterocycles. The van der Waals surface area contributed by atoms with Gasteiger partial charge in [0.25, 0.3) is 0 Å². The predicted molar refractivity (Wildman–Crippen MR) is 63.1 cm³/mol. The molecule has 1 saturated heterocycles. The molecule has 0 amide bonds. The maximum absolute atomic E-state index is 10.0. The number of furan rings is 1. The quantitative estimate of drug-likeness (QED) is 0.775. The molecule has 1 aromatic rings. The van der Waals surface area contributed by atoms with Crippen LogP contribution >= 0.6 is 0 Å². The van der Waals surface area contributed by atoms with Gasteiger partial charge in [-0.05, 0) is 37.9 Å². The van der Waals surface area contributed by atoms with Gasteiger partial charge in [-0.2, -0.15) is 0 Å². The molecule has 88 valence electrons. The Kier molecular flexibility index (Phi) is 3.80. The van der Waals surface area contributed by atoms with E-state index >= 15 is 0 Å². The number of hydrogen-bond acceptors (Lipinski definition) is 3. The van der Waals surface area contributed by atoms with E-state index in [0.717, 1.165) is 25.9 Å². The standard InChI is InChI=1S/C13H19NO2/c1-2-7-14-8-3-5-11(14)10-12(15)13-6-4-9-16-13/h2,4,6,9,11-12,15H,1,3,5,7-8,10H2. The van der Waals surface area contributed by atoms with E-state index in [9.17, 15) is 5.11 Å². The molecule has 0 aromatic carbocycles. The van der Waals surface area contributed by atoms with Crippen molar-refractivity contribution in [1.29, 1.82) is 0 Å². The summed E-state index contributed by atoms with van der Waals surface area (Å²) in [6.07, 6.45) is 6.17. The lowest BCUT2D eigenvalue weighted by molar-refractivity contribution is 0.105. The largest absolute Gasteiger partial charge is 0.467 e. The maximum Gasteiger partial charge on any atom is 0.132 e. The maximum atomic E-state index is 10.0. The van der Waals surface area contributed by atoms with Crippen LogP contribution in [-0.2, 0) is 0 Å². The van der Waals surface area contributed by atoms with Crippen LogP contribution in [0.4, 0.5) is 0 Å². The summed E-state index contributed by atoms with van der Waals surface area (Å²) < 4.78 is 5.21. The molecule has 2 unspecified atom stereocenters. The molecule has 3 nitrogen and oxygen atoms in total. The highest BCUT2D eigenvalue weighted by molar-refractivity contribution is 5.03. The third kappa shape index (κ3) is 2.54. The van der Waals surface area contributed by atoms with E-state index in [1.165, 1.54) is 6.42 Å². The van der Waals surface area contributed by atoms with Crippen molar-refractivity contribution in [3.8, 4) is 0 Å². The summed E-state index contributed by atoms with van der Waals surface area (Å²) in [5.74, 6) is 0.672. The Bertz CT molecular complexity index is 321. The molecule has 0 aliphatic carbocycles. The van der Waals surface area contributed by atoms with Crippen LogP contribution in [0.25, 0.3) is 0 Å². The normalized spacial score (nSPS) is 23.4. The van der Waals surface area contributed by atoms with Crippen LogP contribution in [0.5, 0.6) is 0 Å². The average molecular weight is 221 g/mol. The second kappa shape index (κ2) is 5.32. The average Bonchev–Trinajstić information content (AvgIpc) is 2.90. The lowest BCUT2D eigenvalue weighted by Gasteiger charge is -2.24. The first-order valence-electron chi connectivity index (χ1n) is 5.87. The first kappa shape index (κ1) is 11.4. The summed E-state index contributed by atoms with van der Waals surface area (Å²) in [6, 6.07) is 4.10. The monoisotopic (exact) mass is 221 g/mol. The summed E-state index contributed by atoms with van der Waals surface area (Å²) in [5, 5.41) is 10.0. The van der Waals surface area contributed by atoms with Gasteiger partial charge in [0.15, 0.2) is 0 Å². The molecule has 1 N–H and O–H groups in total. The highest BCUT2D eigenvalue weighted by Gasteiger charge is 2.26. The van der Waals surface area contributed by atoms with Crippen molar-refractivity contribution >= 4 is 0 Å². The Hall–Kier alpha value is -1.06. The lowest BCUT2D eigenvalue weighted by Crippen LogP contribution is -2.30. The molecule has 1 aliphatic heterocycles. The highest BCUT2D eigenvalue weighted by Crippen LogP contribution is 2.27. The number of aliphatic hydroxyl groups is 1. The number of nitrogens with zero attached hydrogens (tertiary/aromatic N) is 1. The van der Waals surface area contributed by atoms with Gasteiger partial charge >= 0.3 is 0 Å². The van der Waals surface area contributed by atoms with E-state index in [1.54, 1.807) is 6.26 Å². The summed E-state index contributed by atoms with van der Waals surface area (Å²) in [6.45, 7) is 5.79. The fourth-order valence-electron chi connectivity index (χ4n) is 2.42. The van der Waals surface area contributed by atoms with Gasteiger partial charge in [-0.15, -0.1) is 6.58 Å². The molecule has 0 radical (unpaired) electrons. The van der Waals surface area contributed by atoms with Crippen molar-refractivity contribution in [3.63, 3.8) is 0 Å². The fourth-order valence-corrected chi connectivity index (χ4v) is 2.42. The first-order chi connectivity index (χ1) is 7.81. The van der Waals surface area contributed by atoms with Gasteiger partial charge in [0.05, 0.1) is 6.26 Å². The van der Waals surface area contributed by atoms with Crippen molar-refractivity contribution in [2.75, 3.05) is 13.1 Å². The van der Waals surface area contributed by atoms with Crippen LogP contribution in [0.3, 0.4) is 0 Å². The van der Waals surface area contributed by atoms with Crippen LogP contribution < -0.4 is 0 Å². The SMILES string of the molecule is C=CCN1CCCC1CC(O)c1ccco1. The Balaban J connectivity index is 1.91. The van der Waals surface area contributed by atoms with Gasteiger partial charge < -0.3 is 9.52 Å². The second-order valence-electron chi connectivity index (χ2n) is 4.35. The zero-order valence-electron chi connectivity index (χ0n) is 9.51. The second-order valence-corrected chi connectivity index (χ2v) is 4.35. The van der Waals surface area contributed by atoms with E-state index in [-0.39, 0.29) is 0 Å².